The lowest BCUT2D eigenvalue weighted by atomic mass is 10.2. The molecule has 1 aliphatic rings. The minimum Gasteiger partial charge on any atom is -0.356 e. The van der Waals surface area contributed by atoms with Gasteiger partial charge < -0.3 is 10.2 Å². The molecule has 4 nitrogen and oxygen atoms in total. The van der Waals surface area contributed by atoms with Crippen molar-refractivity contribution in [1.82, 2.24) is 10.3 Å². The van der Waals surface area contributed by atoms with E-state index in [1.54, 1.807) is 0 Å². The Bertz CT molecular complexity index is 622. The van der Waals surface area contributed by atoms with Crippen LogP contribution in [0.15, 0.2) is 53.7 Å². The van der Waals surface area contributed by atoms with Gasteiger partial charge in [-0.25, -0.2) is 0 Å². The highest BCUT2D eigenvalue weighted by Crippen LogP contribution is 2.27. The molecule has 21 heavy (non-hydrogen) atoms. The number of para-hydroxylation sites is 1. The number of pyridine rings is 1. The van der Waals surface area contributed by atoms with E-state index in [4.69, 9.17) is 0 Å². The fraction of sp³-hybridized carbons (Fsp3) is 0.294. The van der Waals surface area contributed by atoms with E-state index in [1.165, 1.54) is 11.3 Å². The van der Waals surface area contributed by atoms with Crippen molar-refractivity contribution in [3.8, 4) is 0 Å². The summed E-state index contributed by atoms with van der Waals surface area (Å²) in [5, 5.41) is 3.44. The molecule has 1 N–H and O–H groups in total. The predicted octanol–water partition coefficient (Wildman–Crippen LogP) is 2.26. The molecule has 0 amide bonds. The van der Waals surface area contributed by atoms with Gasteiger partial charge in [-0.05, 0) is 30.2 Å². The lowest BCUT2D eigenvalue weighted by molar-refractivity contribution is 0.819. The van der Waals surface area contributed by atoms with E-state index in [9.17, 15) is 0 Å². The maximum atomic E-state index is 4.41. The average molecular weight is 280 g/mol. The van der Waals surface area contributed by atoms with Gasteiger partial charge in [0.05, 0.1) is 0 Å². The molecule has 0 bridgehead atoms. The van der Waals surface area contributed by atoms with Crippen LogP contribution in [0.1, 0.15) is 11.3 Å². The predicted molar refractivity (Wildman–Crippen MR) is 86.8 cm³/mol. The van der Waals surface area contributed by atoms with Crippen molar-refractivity contribution >= 4 is 11.6 Å². The summed E-state index contributed by atoms with van der Waals surface area (Å²) in [5.74, 6) is 0.941. The van der Waals surface area contributed by atoms with Crippen LogP contribution in [-0.4, -0.2) is 31.1 Å². The fourth-order valence-electron chi connectivity index (χ4n) is 2.70. The monoisotopic (exact) mass is 280 g/mol. The van der Waals surface area contributed by atoms with E-state index >= 15 is 0 Å². The van der Waals surface area contributed by atoms with Crippen LogP contribution >= 0.6 is 0 Å². The highest BCUT2D eigenvalue weighted by molar-refractivity contribution is 5.97. The highest BCUT2D eigenvalue weighted by atomic mass is 15.3. The number of nitrogens with one attached hydrogen (secondary N) is 1. The molecule has 4 heteroatoms. The Labute approximate surface area is 125 Å². The van der Waals surface area contributed by atoms with Crippen molar-refractivity contribution in [2.24, 2.45) is 4.99 Å². The second-order valence-electron chi connectivity index (χ2n) is 5.08. The number of anilines is 1. The zero-order valence-corrected chi connectivity index (χ0v) is 12.3. The van der Waals surface area contributed by atoms with E-state index in [2.05, 4.69) is 50.5 Å². The molecule has 0 unspecified atom stereocenters. The van der Waals surface area contributed by atoms with Gasteiger partial charge in [-0.2, -0.15) is 0 Å². The molecule has 0 radical (unpaired) electrons. The minimum absolute atomic E-state index is 0.836. The first kappa shape index (κ1) is 13.6. The van der Waals surface area contributed by atoms with Crippen LogP contribution in [0.4, 0.5) is 5.69 Å². The molecule has 1 aromatic carbocycles. The van der Waals surface area contributed by atoms with Crippen molar-refractivity contribution in [2.45, 2.75) is 12.8 Å². The molecule has 1 aliphatic heterocycles. The SMILES string of the molecule is CN=C(NCCc1ccccn1)N1CCc2ccccc21. The molecule has 0 saturated heterocycles. The Balaban J connectivity index is 1.62. The lowest BCUT2D eigenvalue weighted by Gasteiger charge is -2.22. The Kier molecular flexibility index (Phi) is 4.15. The van der Waals surface area contributed by atoms with E-state index in [-0.39, 0.29) is 0 Å². The van der Waals surface area contributed by atoms with Crippen molar-refractivity contribution < 1.29 is 0 Å². The molecule has 2 aromatic rings. The van der Waals surface area contributed by atoms with Gasteiger partial charge in [-0.1, -0.05) is 24.3 Å². The molecule has 2 heterocycles. The fourth-order valence-corrected chi connectivity index (χ4v) is 2.70. The van der Waals surface area contributed by atoms with Gasteiger partial charge in [-0.15, -0.1) is 0 Å². The summed E-state index contributed by atoms with van der Waals surface area (Å²) < 4.78 is 0. The van der Waals surface area contributed by atoms with Gasteiger partial charge in [0.1, 0.15) is 0 Å². The van der Waals surface area contributed by atoms with E-state index in [1.807, 2.05) is 25.4 Å². The summed E-state index contributed by atoms with van der Waals surface area (Å²) in [6.07, 6.45) is 3.81. The van der Waals surface area contributed by atoms with Crippen molar-refractivity contribution in [3.05, 3.63) is 59.9 Å². The second kappa shape index (κ2) is 6.39. The number of hydrogen-bond donors (Lipinski definition) is 1. The molecule has 0 fully saturated rings. The largest absolute Gasteiger partial charge is 0.356 e. The van der Waals surface area contributed by atoms with Gasteiger partial charge in [0.2, 0.25) is 0 Å². The molecule has 1 aromatic heterocycles. The quantitative estimate of drug-likeness (QED) is 0.692. The van der Waals surface area contributed by atoms with Crippen molar-refractivity contribution in [2.75, 3.05) is 25.0 Å². The van der Waals surface area contributed by atoms with E-state index < -0.39 is 0 Å². The van der Waals surface area contributed by atoms with E-state index in [0.717, 1.165) is 37.6 Å². The Hall–Kier alpha value is -2.36. The third kappa shape index (κ3) is 3.05. The Morgan fingerprint density at radius 2 is 2.10 bits per heavy atom. The average Bonchev–Trinajstić information content (AvgIpc) is 2.97. The van der Waals surface area contributed by atoms with Crippen molar-refractivity contribution in [3.63, 3.8) is 0 Å². The Morgan fingerprint density at radius 3 is 2.90 bits per heavy atom. The van der Waals surface area contributed by atoms with Gasteiger partial charge in [0.25, 0.3) is 0 Å². The van der Waals surface area contributed by atoms with Crippen LogP contribution in [0, 0.1) is 0 Å². The molecular weight excluding hydrogens is 260 g/mol. The van der Waals surface area contributed by atoms with Crippen LogP contribution < -0.4 is 10.2 Å². The number of aromatic nitrogens is 1. The standard InChI is InChI=1S/C17H20N4/c1-18-17(20-12-9-15-7-4-5-11-19-15)21-13-10-14-6-2-3-8-16(14)21/h2-8,11H,9-10,12-13H2,1H3,(H,18,20). The number of hydrogen-bond acceptors (Lipinski definition) is 2. The topological polar surface area (TPSA) is 40.5 Å². The number of aliphatic imine (C=N–C) groups is 1. The van der Waals surface area contributed by atoms with E-state index in [0.29, 0.717) is 0 Å². The number of rotatable bonds is 3. The zero-order valence-electron chi connectivity index (χ0n) is 12.3. The summed E-state index contributed by atoms with van der Waals surface area (Å²) >= 11 is 0. The van der Waals surface area contributed by atoms with Crippen LogP contribution in [0.25, 0.3) is 0 Å². The molecule has 3 rings (SSSR count). The molecular formula is C17H20N4. The van der Waals surface area contributed by atoms with Gasteiger partial charge >= 0.3 is 0 Å². The summed E-state index contributed by atoms with van der Waals surface area (Å²) in [6.45, 7) is 1.82. The molecule has 0 aliphatic carbocycles. The first-order valence-corrected chi connectivity index (χ1v) is 7.34. The van der Waals surface area contributed by atoms with Crippen molar-refractivity contribution in [1.29, 1.82) is 0 Å². The Morgan fingerprint density at radius 1 is 1.24 bits per heavy atom. The van der Waals surface area contributed by atoms with Gasteiger partial charge in [0, 0.05) is 44.1 Å². The normalized spacial score (nSPS) is 14.1. The zero-order chi connectivity index (χ0) is 14.5. The number of fused-ring (bicyclic) bond motifs is 1. The minimum atomic E-state index is 0.836. The lowest BCUT2D eigenvalue weighted by Crippen LogP contribution is -2.41. The summed E-state index contributed by atoms with van der Waals surface area (Å²) in [5.41, 5.74) is 3.76. The maximum absolute atomic E-state index is 4.41. The smallest absolute Gasteiger partial charge is 0.198 e. The maximum Gasteiger partial charge on any atom is 0.198 e. The number of nitrogens with zero attached hydrogens (tertiary/aromatic N) is 3. The number of guanidine groups is 1. The van der Waals surface area contributed by atoms with Gasteiger partial charge in [0.15, 0.2) is 5.96 Å². The third-order valence-corrected chi connectivity index (χ3v) is 3.75. The molecule has 0 spiro atoms. The molecule has 108 valence electrons. The van der Waals surface area contributed by atoms with Gasteiger partial charge in [-0.3, -0.25) is 9.98 Å². The summed E-state index contributed by atoms with van der Waals surface area (Å²) in [6, 6.07) is 14.5. The summed E-state index contributed by atoms with van der Waals surface area (Å²) in [4.78, 5) is 11.0. The third-order valence-electron chi connectivity index (χ3n) is 3.75. The molecule has 0 atom stereocenters. The first-order chi connectivity index (χ1) is 10.4. The highest BCUT2D eigenvalue weighted by Gasteiger charge is 2.21. The van der Waals surface area contributed by atoms with Crippen LogP contribution in [0.2, 0.25) is 0 Å². The van der Waals surface area contributed by atoms with Crippen LogP contribution in [0.3, 0.4) is 0 Å². The second-order valence-corrected chi connectivity index (χ2v) is 5.08. The van der Waals surface area contributed by atoms with Crippen LogP contribution in [0.5, 0.6) is 0 Å². The summed E-state index contributed by atoms with van der Waals surface area (Å²) in [7, 11) is 1.84. The molecule has 0 saturated carbocycles. The first-order valence-electron chi connectivity index (χ1n) is 7.34. The number of benzene rings is 1. The van der Waals surface area contributed by atoms with Crippen LogP contribution in [-0.2, 0) is 12.8 Å².